The van der Waals surface area contributed by atoms with Crippen molar-refractivity contribution in [1.29, 1.82) is 5.26 Å². The van der Waals surface area contributed by atoms with Crippen molar-refractivity contribution in [3.8, 4) is 11.8 Å². The molecule has 0 saturated carbocycles. The van der Waals surface area contributed by atoms with Gasteiger partial charge < -0.3 is 14.8 Å². The molecule has 0 radical (unpaired) electrons. The van der Waals surface area contributed by atoms with Gasteiger partial charge in [0.25, 0.3) is 5.91 Å². The number of benzene rings is 1. The van der Waals surface area contributed by atoms with Gasteiger partial charge in [-0.05, 0) is 51.5 Å². The lowest BCUT2D eigenvalue weighted by Gasteiger charge is -2.14. The summed E-state index contributed by atoms with van der Waals surface area (Å²) in [5, 5.41) is 12.8. The number of ether oxygens (including phenoxy) is 2. The minimum atomic E-state index is -0.830. The second-order valence-electron chi connectivity index (χ2n) is 6.03. The molecule has 0 bridgehead atoms. The Morgan fingerprint density at radius 2 is 2.00 bits per heavy atom. The summed E-state index contributed by atoms with van der Waals surface area (Å²) in [6.07, 6.45) is -1.11. The van der Waals surface area contributed by atoms with Crippen molar-refractivity contribution < 1.29 is 19.1 Å². The number of nitrogens with zero attached hydrogens (tertiary/aromatic N) is 1. The first-order valence-electron chi connectivity index (χ1n) is 8.20. The molecule has 1 aromatic heterocycles. The topological polar surface area (TPSA) is 88.4 Å². The maximum absolute atomic E-state index is 12.5. The SMILES string of the molecule is Cc1c(C(=O)OC(C)C)sc(NC(=O)[C@@H](C)Oc2cccc(Cl)c2)c1C#N. The molecule has 0 unspecified atom stereocenters. The second-order valence-corrected chi connectivity index (χ2v) is 7.49. The molecule has 27 heavy (non-hydrogen) atoms. The highest BCUT2D eigenvalue weighted by atomic mass is 35.5. The van der Waals surface area contributed by atoms with Crippen LogP contribution in [0, 0.1) is 18.3 Å². The summed E-state index contributed by atoms with van der Waals surface area (Å²) in [5.41, 5.74) is 0.714. The quantitative estimate of drug-likeness (QED) is 0.710. The van der Waals surface area contributed by atoms with Crippen LogP contribution < -0.4 is 10.1 Å². The van der Waals surface area contributed by atoms with Gasteiger partial charge in [-0.15, -0.1) is 11.3 Å². The molecule has 6 nitrogen and oxygen atoms in total. The molecule has 0 fully saturated rings. The van der Waals surface area contributed by atoms with Crippen LogP contribution in [0.4, 0.5) is 5.00 Å². The monoisotopic (exact) mass is 406 g/mol. The standard InChI is InChI=1S/C19H19ClN2O4S/c1-10(2)25-19(24)16-11(3)15(9-21)18(27-16)22-17(23)12(4)26-14-7-5-6-13(20)8-14/h5-8,10,12H,1-4H3,(H,22,23)/t12-/m1/s1. The molecule has 1 N–H and O–H groups in total. The number of carbonyl (C=O) groups excluding carboxylic acids is 2. The molecule has 0 aliphatic heterocycles. The van der Waals surface area contributed by atoms with E-state index in [-0.39, 0.29) is 16.7 Å². The number of thiophene rings is 1. The van der Waals surface area contributed by atoms with Crippen molar-refractivity contribution in [2.24, 2.45) is 0 Å². The fraction of sp³-hybridized carbons (Fsp3) is 0.316. The number of nitriles is 1. The highest BCUT2D eigenvalue weighted by Crippen LogP contribution is 2.33. The predicted molar refractivity (Wildman–Crippen MR) is 104 cm³/mol. The number of rotatable bonds is 6. The molecule has 0 aliphatic carbocycles. The van der Waals surface area contributed by atoms with Crippen LogP contribution in [-0.2, 0) is 9.53 Å². The van der Waals surface area contributed by atoms with Gasteiger partial charge in [0.2, 0.25) is 0 Å². The van der Waals surface area contributed by atoms with Gasteiger partial charge in [0.15, 0.2) is 6.10 Å². The second kappa shape index (κ2) is 8.89. The van der Waals surface area contributed by atoms with Gasteiger partial charge in [0.1, 0.15) is 21.7 Å². The smallest absolute Gasteiger partial charge is 0.348 e. The normalized spacial score (nSPS) is 11.6. The Hall–Kier alpha value is -2.56. The molecule has 8 heteroatoms. The number of carbonyl (C=O) groups is 2. The van der Waals surface area contributed by atoms with Gasteiger partial charge in [-0.2, -0.15) is 5.26 Å². The number of anilines is 1. The maximum Gasteiger partial charge on any atom is 0.348 e. The van der Waals surface area contributed by atoms with Crippen LogP contribution in [0.25, 0.3) is 0 Å². The molecule has 2 rings (SSSR count). The summed E-state index contributed by atoms with van der Waals surface area (Å²) in [7, 11) is 0. The van der Waals surface area contributed by atoms with Gasteiger partial charge in [0, 0.05) is 5.02 Å². The number of amides is 1. The van der Waals surface area contributed by atoms with Crippen molar-refractivity contribution in [2.45, 2.75) is 39.9 Å². The first kappa shape index (κ1) is 20.7. The Balaban J connectivity index is 2.17. The molecule has 1 heterocycles. The highest BCUT2D eigenvalue weighted by molar-refractivity contribution is 7.18. The van der Waals surface area contributed by atoms with Crippen LogP contribution >= 0.6 is 22.9 Å². The molecule has 0 spiro atoms. The number of nitrogens with one attached hydrogen (secondary N) is 1. The highest BCUT2D eigenvalue weighted by Gasteiger charge is 2.24. The van der Waals surface area contributed by atoms with Crippen LogP contribution in [0.2, 0.25) is 5.02 Å². The number of esters is 1. The van der Waals surface area contributed by atoms with Crippen molar-refractivity contribution in [3.63, 3.8) is 0 Å². The van der Waals surface area contributed by atoms with Crippen molar-refractivity contribution in [3.05, 3.63) is 45.3 Å². The van der Waals surface area contributed by atoms with Gasteiger partial charge in [-0.1, -0.05) is 17.7 Å². The summed E-state index contributed by atoms with van der Waals surface area (Å²) >= 11 is 6.91. The zero-order valence-corrected chi connectivity index (χ0v) is 16.9. The van der Waals surface area contributed by atoms with Crippen LogP contribution in [0.15, 0.2) is 24.3 Å². The average Bonchev–Trinajstić information content (AvgIpc) is 2.89. The lowest BCUT2D eigenvalue weighted by Crippen LogP contribution is -2.30. The summed E-state index contributed by atoms with van der Waals surface area (Å²) in [4.78, 5) is 24.9. The first-order chi connectivity index (χ1) is 12.7. The minimum absolute atomic E-state index is 0.235. The molecular weight excluding hydrogens is 388 g/mol. The van der Waals surface area contributed by atoms with E-state index >= 15 is 0 Å². The zero-order valence-electron chi connectivity index (χ0n) is 15.3. The van der Waals surface area contributed by atoms with E-state index in [9.17, 15) is 14.9 Å². The van der Waals surface area contributed by atoms with Crippen LogP contribution in [0.5, 0.6) is 5.75 Å². The first-order valence-corrected chi connectivity index (χ1v) is 9.40. The third kappa shape index (κ3) is 5.22. The number of halogens is 1. The Kier molecular flexibility index (Phi) is 6.83. The molecule has 0 saturated heterocycles. The molecular formula is C19H19ClN2O4S. The fourth-order valence-corrected chi connectivity index (χ4v) is 3.43. The van der Waals surface area contributed by atoms with E-state index in [4.69, 9.17) is 21.1 Å². The fourth-order valence-electron chi connectivity index (χ4n) is 2.21. The van der Waals surface area contributed by atoms with E-state index in [0.29, 0.717) is 21.2 Å². The van der Waals surface area contributed by atoms with E-state index in [0.717, 1.165) is 11.3 Å². The van der Waals surface area contributed by atoms with Crippen LogP contribution in [0.1, 0.15) is 41.6 Å². The molecule has 0 aliphatic rings. The summed E-state index contributed by atoms with van der Waals surface area (Å²) in [6, 6.07) is 8.72. The van der Waals surface area contributed by atoms with Gasteiger partial charge in [-0.25, -0.2) is 4.79 Å². The molecule has 2 aromatic rings. The average molecular weight is 407 g/mol. The van der Waals surface area contributed by atoms with Gasteiger partial charge in [-0.3, -0.25) is 4.79 Å². The van der Waals surface area contributed by atoms with Gasteiger partial charge in [0.05, 0.1) is 11.7 Å². The van der Waals surface area contributed by atoms with Crippen molar-refractivity contribution in [1.82, 2.24) is 0 Å². The van der Waals surface area contributed by atoms with E-state index in [2.05, 4.69) is 5.32 Å². The molecule has 142 valence electrons. The Labute approximate surface area is 166 Å². The Bertz CT molecular complexity index is 902. The summed E-state index contributed by atoms with van der Waals surface area (Å²) < 4.78 is 10.8. The molecule has 1 aromatic carbocycles. The van der Waals surface area contributed by atoms with E-state index in [1.807, 2.05) is 6.07 Å². The van der Waals surface area contributed by atoms with Crippen molar-refractivity contribution >= 4 is 39.8 Å². The summed E-state index contributed by atoms with van der Waals surface area (Å²) in [6.45, 7) is 6.71. The maximum atomic E-state index is 12.5. The van der Waals surface area contributed by atoms with Crippen molar-refractivity contribution in [2.75, 3.05) is 5.32 Å². The molecule has 1 amide bonds. The number of hydrogen-bond acceptors (Lipinski definition) is 6. The van der Waals surface area contributed by atoms with Gasteiger partial charge >= 0.3 is 5.97 Å². The zero-order chi connectivity index (χ0) is 20.1. The lowest BCUT2D eigenvalue weighted by atomic mass is 10.1. The third-order valence-corrected chi connectivity index (χ3v) is 4.92. The molecule has 1 atom stereocenters. The minimum Gasteiger partial charge on any atom is -0.481 e. The lowest BCUT2D eigenvalue weighted by molar-refractivity contribution is -0.122. The number of hydrogen-bond donors (Lipinski definition) is 1. The Morgan fingerprint density at radius 3 is 2.59 bits per heavy atom. The van der Waals surface area contributed by atoms with Crippen LogP contribution in [-0.4, -0.2) is 24.1 Å². The third-order valence-electron chi connectivity index (χ3n) is 3.50. The summed E-state index contributed by atoms with van der Waals surface area (Å²) in [5.74, 6) is -0.515. The van der Waals surface area contributed by atoms with Crippen LogP contribution in [0.3, 0.4) is 0 Å². The van der Waals surface area contributed by atoms with E-state index in [1.54, 1.807) is 52.0 Å². The van der Waals surface area contributed by atoms with E-state index < -0.39 is 18.0 Å². The van der Waals surface area contributed by atoms with E-state index in [1.165, 1.54) is 0 Å². The predicted octanol–water partition coefficient (Wildman–Crippen LogP) is 4.55. The largest absolute Gasteiger partial charge is 0.481 e. The Morgan fingerprint density at radius 1 is 1.30 bits per heavy atom.